The molecule has 0 radical (unpaired) electrons. The van der Waals surface area contributed by atoms with Crippen LogP contribution in [0.1, 0.15) is 10.4 Å². The summed E-state index contributed by atoms with van der Waals surface area (Å²) in [6, 6.07) is 14.4. The summed E-state index contributed by atoms with van der Waals surface area (Å²) in [4.78, 5) is 10.0. The van der Waals surface area contributed by atoms with Crippen molar-refractivity contribution in [3.63, 3.8) is 0 Å². The van der Waals surface area contributed by atoms with Crippen molar-refractivity contribution in [1.82, 2.24) is 25.0 Å². The largest absolute Gasteiger partial charge is 0.368 e. The summed E-state index contributed by atoms with van der Waals surface area (Å²) in [6.45, 7) is 1.45. The Bertz CT molecular complexity index is 917. The Morgan fingerprint density at radius 3 is 2.79 bits per heavy atom. The molecule has 0 amide bonds. The van der Waals surface area contributed by atoms with E-state index >= 15 is 0 Å². The molecule has 0 spiro atoms. The second kappa shape index (κ2) is 6.76. The van der Waals surface area contributed by atoms with Crippen LogP contribution < -0.4 is 5.32 Å². The lowest BCUT2D eigenvalue weighted by atomic mass is 10.2. The predicted octanol–water partition coefficient (Wildman–Crippen LogP) is 2.99. The molecule has 3 heterocycles. The monoisotopic (exact) mass is 336 g/mol. The highest BCUT2D eigenvalue weighted by Crippen LogP contribution is 2.17. The molecular weight excluding hydrogens is 320 g/mol. The average molecular weight is 336 g/mol. The zero-order valence-corrected chi connectivity index (χ0v) is 13.8. The van der Waals surface area contributed by atoms with Gasteiger partial charge in [0.15, 0.2) is 17.0 Å². The van der Waals surface area contributed by atoms with E-state index in [1.165, 1.54) is 4.88 Å². The number of benzene rings is 1. The summed E-state index contributed by atoms with van der Waals surface area (Å²) >= 11 is 1.76. The number of hydrogen-bond donors (Lipinski definition) is 1. The topological polar surface area (TPSA) is 68.5 Å². The molecule has 0 aliphatic rings. The summed E-state index contributed by atoms with van der Waals surface area (Å²) in [5.74, 6) is 0.732. The maximum absolute atomic E-state index is 4.34. The van der Waals surface area contributed by atoms with Crippen LogP contribution in [0.2, 0.25) is 0 Å². The van der Waals surface area contributed by atoms with Gasteiger partial charge in [-0.1, -0.05) is 41.6 Å². The molecule has 4 aromatic rings. The number of anilines is 1. The molecule has 24 heavy (non-hydrogen) atoms. The molecular formula is C17H16N6S. The van der Waals surface area contributed by atoms with Crippen LogP contribution >= 0.6 is 11.3 Å². The van der Waals surface area contributed by atoms with Crippen LogP contribution in [0, 0.1) is 0 Å². The third kappa shape index (κ3) is 3.11. The Labute approximate surface area is 143 Å². The minimum atomic E-state index is 0.642. The quantitative estimate of drug-likeness (QED) is 0.586. The van der Waals surface area contributed by atoms with Gasteiger partial charge < -0.3 is 5.32 Å². The maximum Gasteiger partial charge on any atom is 0.184 e. The summed E-state index contributed by atoms with van der Waals surface area (Å²) in [7, 11) is 0. The van der Waals surface area contributed by atoms with Gasteiger partial charge in [-0.15, -0.1) is 16.4 Å². The van der Waals surface area contributed by atoms with Crippen LogP contribution in [0.25, 0.3) is 11.2 Å². The lowest BCUT2D eigenvalue weighted by Crippen LogP contribution is -2.07. The lowest BCUT2D eigenvalue weighted by Gasteiger charge is -2.05. The van der Waals surface area contributed by atoms with E-state index in [0.717, 1.165) is 30.0 Å². The van der Waals surface area contributed by atoms with Crippen molar-refractivity contribution >= 4 is 28.3 Å². The van der Waals surface area contributed by atoms with Crippen LogP contribution in [0.4, 0.5) is 5.82 Å². The first-order valence-corrected chi connectivity index (χ1v) is 8.62. The fourth-order valence-corrected chi connectivity index (χ4v) is 3.25. The van der Waals surface area contributed by atoms with Gasteiger partial charge in [-0.25, -0.2) is 14.6 Å². The smallest absolute Gasteiger partial charge is 0.184 e. The normalized spacial score (nSPS) is 11.0. The minimum Gasteiger partial charge on any atom is -0.368 e. The van der Waals surface area contributed by atoms with E-state index in [2.05, 4.69) is 55.2 Å². The first kappa shape index (κ1) is 14.8. The molecule has 7 heteroatoms. The number of nitrogens with one attached hydrogen (secondary N) is 1. The van der Waals surface area contributed by atoms with E-state index in [-0.39, 0.29) is 0 Å². The van der Waals surface area contributed by atoms with Crippen LogP contribution in [0.15, 0.2) is 54.2 Å². The fraction of sp³-hybridized carbons (Fsp3) is 0.176. The number of fused-ring (bicyclic) bond motifs is 1. The lowest BCUT2D eigenvalue weighted by molar-refractivity contribution is 0.664. The van der Waals surface area contributed by atoms with Crippen LogP contribution in [-0.2, 0) is 13.0 Å². The summed E-state index contributed by atoms with van der Waals surface area (Å²) in [5.41, 5.74) is 2.61. The predicted molar refractivity (Wildman–Crippen MR) is 95.2 cm³/mol. The molecule has 3 aromatic heterocycles. The molecule has 6 nitrogen and oxygen atoms in total. The molecule has 0 aliphatic carbocycles. The Kier molecular flexibility index (Phi) is 4.16. The Morgan fingerprint density at radius 2 is 1.96 bits per heavy atom. The SMILES string of the molecule is c1ccc(Cn2nnc3c(NCCc4cccs4)ncnc32)cc1. The number of thiophene rings is 1. The molecule has 0 fully saturated rings. The number of nitrogens with zero attached hydrogens (tertiary/aromatic N) is 5. The second-order valence-electron chi connectivity index (χ2n) is 5.38. The Morgan fingerprint density at radius 1 is 1.04 bits per heavy atom. The number of aromatic nitrogens is 5. The van der Waals surface area contributed by atoms with E-state index < -0.39 is 0 Å². The highest BCUT2D eigenvalue weighted by Gasteiger charge is 2.11. The van der Waals surface area contributed by atoms with Crippen molar-refractivity contribution in [3.8, 4) is 0 Å². The van der Waals surface area contributed by atoms with Crippen LogP contribution in [-0.4, -0.2) is 31.5 Å². The summed E-state index contributed by atoms with van der Waals surface area (Å²) < 4.78 is 1.80. The highest BCUT2D eigenvalue weighted by atomic mass is 32.1. The molecule has 0 unspecified atom stereocenters. The van der Waals surface area contributed by atoms with Gasteiger partial charge in [-0.3, -0.25) is 0 Å². The van der Waals surface area contributed by atoms with Gasteiger partial charge in [-0.2, -0.15) is 0 Å². The average Bonchev–Trinajstić information content (AvgIpc) is 3.27. The molecule has 0 bridgehead atoms. The molecule has 4 rings (SSSR count). The molecule has 0 aliphatic heterocycles. The number of hydrogen-bond acceptors (Lipinski definition) is 6. The minimum absolute atomic E-state index is 0.642. The standard InChI is InChI=1S/C17H16N6S/c1-2-5-13(6-3-1)11-23-17-15(21-22-23)16(19-12-20-17)18-9-8-14-7-4-10-24-14/h1-7,10,12H,8-9,11H2,(H,18,19,20). The Balaban J connectivity index is 1.52. The van der Waals surface area contributed by atoms with Gasteiger partial charge in [0, 0.05) is 11.4 Å². The summed E-state index contributed by atoms with van der Waals surface area (Å²) in [5, 5.41) is 13.9. The van der Waals surface area contributed by atoms with Crippen molar-refractivity contribution in [2.24, 2.45) is 0 Å². The molecule has 0 saturated carbocycles. The third-order valence-corrected chi connectivity index (χ3v) is 4.66. The Hall–Kier alpha value is -2.80. The molecule has 0 saturated heterocycles. The van der Waals surface area contributed by atoms with E-state index in [1.807, 2.05) is 18.2 Å². The van der Waals surface area contributed by atoms with Gasteiger partial charge in [0.2, 0.25) is 0 Å². The van der Waals surface area contributed by atoms with Gasteiger partial charge in [0.05, 0.1) is 6.54 Å². The first-order chi connectivity index (χ1) is 11.9. The van der Waals surface area contributed by atoms with Gasteiger partial charge in [0.25, 0.3) is 0 Å². The highest BCUT2D eigenvalue weighted by molar-refractivity contribution is 7.09. The van der Waals surface area contributed by atoms with Crippen molar-refractivity contribution < 1.29 is 0 Å². The first-order valence-electron chi connectivity index (χ1n) is 7.74. The van der Waals surface area contributed by atoms with Crippen LogP contribution in [0.3, 0.4) is 0 Å². The van der Waals surface area contributed by atoms with E-state index in [0.29, 0.717) is 12.1 Å². The molecule has 0 atom stereocenters. The fourth-order valence-electron chi connectivity index (χ4n) is 2.54. The number of rotatable bonds is 6. The zero-order chi connectivity index (χ0) is 16.2. The maximum atomic E-state index is 4.34. The van der Waals surface area contributed by atoms with E-state index in [9.17, 15) is 0 Å². The van der Waals surface area contributed by atoms with Gasteiger partial charge in [0.1, 0.15) is 6.33 Å². The zero-order valence-electron chi connectivity index (χ0n) is 13.0. The third-order valence-electron chi connectivity index (χ3n) is 3.72. The molecule has 1 N–H and O–H groups in total. The van der Waals surface area contributed by atoms with Crippen molar-refractivity contribution in [1.29, 1.82) is 0 Å². The van der Waals surface area contributed by atoms with E-state index in [1.54, 1.807) is 22.3 Å². The van der Waals surface area contributed by atoms with Crippen LogP contribution in [0.5, 0.6) is 0 Å². The molecule has 1 aromatic carbocycles. The van der Waals surface area contributed by atoms with Crippen molar-refractivity contribution in [2.75, 3.05) is 11.9 Å². The van der Waals surface area contributed by atoms with Gasteiger partial charge >= 0.3 is 0 Å². The van der Waals surface area contributed by atoms with Crippen molar-refractivity contribution in [3.05, 3.63) is 64.6 Å². The van der Waals surface area contributed by atoms with E-state index in [4.69, 9.17) is 0 Å². The molecule has 120 valence electrons. The van der Waals surface area contributed by atoms with Gasteiger partial charge in [-0.05, 0) is 23.4 Å². The summed E-state index contributed by atoms with van der Waals surface area (Å²) in [6.07, 6.45) is 2.52. The second-order valence-corrected chi connectivity index (χ2v) is 6.42. The van der Waals surface area contributed by atoms with Crippen molar-refractivity contribution in [2.45, 2.75) is 13.0 Å².